The Bertz CT molecular complexity index is 1260. The van der Waals surface area contributed by atoms with Gasteiger partial charge in [-0.15, -0.1) is 0 Å². The van der Waals surface area contributed by atoms with Crippen molar-refractivity contribution in [1.29, 1.82) is 0 Å². The van der Waals surface area contributed by atoms with Crippen molar-refractivity contribution in [3.05, 3.63) is 53.2 Å². The van der Waals surface area contributed by atoms with E-state index < -0.39 is 5.97 Å². The average molecular weight is 440 g/mol. The maximum atomic E-state index is 11.0. The molecule has 0 atom stereocenters. The Morgan fingerprint density at radius 1 is 1.26 bits per heavy atom. The van der Waals surface area contributed by atoms with Crippen molar-refractivity contribution in [2.24, 2.45) is 7.05 Å². The van der Waals surface area contributed by atoms with Gasteiger partial charge in [0.25, 0.3) is 5.89 Å². The van der Waals surface area contributed by atoms with Crippen molar-refractivity contribution < 1.29 is 19.2 Å². The summed E-state index contributed by atoms with van der Waals surface area (Å²) in [6.45, 7) is 3.87. The smallest absolute Gasteiger partial charge is 0.303 e. The number of hydrogen-bond acceptors (Lipinski definition) is 5. The van der Waals surface area contributed by atoms with Crippen LogP contribution in [0.5, 0.6) is 5.75 Å². The zero-order chi connectivity index (χ0) is 22.1. The van der Waals surface area contributed by atoms with Crippen LogP contribution in [0.2, 0.25) is 5.02 Å². The number of carbonyl (C=O) groups is 1. The van der Waals surface area contributed by atoms with Crippen LogP contribution in [-0.4, -0.2) is 31.9 Å². The molecule has 4 aromatic rings. The number of halogens is 1. The summed E-state index contributed by atoms with van der Waals surface area (Å²) in [5.41, 5.74) is 3.44. The molecule has 1 N–H and O–H groups in total. The second-order valence-corrected chi connectivity index (χ2v) is 8.00. The number of carboxylic acid groups (broad SMARTS) is 1. The number of aromatic nitrogens is 3. The topological polar surface area (TPSA) is 90.4 Å². The van der Waals surface area contributed by atoms with Crippen LogP contribution in [-0.2, 0) is 18.3 Å². The first-order valence-corrected chi connectivity index (χ1v) is 10.3. The van der Waals surface area contributed by atoms with E-state index in [1.54, 1.807) is 12.1 Å². The van der Waals surface area contributed by atoms with Crippen LogP contribution in [0.1, 0.15) is 25.8 Å². The molecular formula is C23H22ClN3O4. The third-order valence-electron chi connectivity index (χ3n) is 4.93. The summed E-state index contributed by atoms with van der Waals surface area (Å²) in [5.74, 6) is 0.586. The lowest BCUT2D eigenvalue weighted by Crippen LogP contribution is -2.05. The lowest BCUT2D eigenvalue weighted by atomic mass is 10.0. The molecule has 2 aromatic carbocycles. The maximum absolute atomic E-state index is 11.0. The van der Waals surface area contributed by atoms with Gasteiger partial charge in [0.2, 0.25) is 5.82 Å². The van der Waals surface area contributed by atoms with Crippen LogP contribution in [0.3, 0.4) is 0 Å². The Morgan fingerprint density at radius 2 is 2.06 bits per heavy atom. The standard InChI is InChI=1S/C23H22ClN3O4/c1-13(2)30-19-8-5-15(12-18(19)24)23-25-22(26-31-23)17-7-4-14(6-9-20(28)29)21-16(17)10-11-27(21)3/h4-5,7-8,10-13H,6,9H2,1-3H3,(H,28,29). The fourth-order valence-electron chi connectivity index (χ4n) is 3.57. The monoisotopic (exact) mass is 439 g/mol. The molecule has 7 nitrogen and oxygen atoms in total. The molecule has 0 aliphatic rings. The van der Waals surface area contributed by atoms with Crippen molar-refractivity contribution >= 4 is 28.5 Å². The third kappa shape index (κ3) is 4.27. The maximum Gasteiger partial charge on any atom is 0.303 e. The summed E-state index contributed by atoms with van der Waals surface area (Å²) >= 11 is 6.34. The quantitative estimate of drug-likeness (QED) is 0.417. The minimum atomic E-state index is -0.822. The van der Waals surface area contributed by atoms with Crippen LogP contribution in [0.4, 0.5) is 0 Å². The van der Waals surface area contributed by atoms with E-state index in [4.69, 9.17) is 26.0 Å². The average Bonchev–Trinajstić information content (AvgIpc) is 3.35. The van der Waals surface area contributed by atoms with Gasteiger partial charge in [0, 0.05) is 36.2 Å². The SMILES string of the molecule is CC(C)Oc1ccc(-c2nc(-c3ccc(CCC(=O)O)c4c3ccn4C)no2)cc1Cl. The second-order valence-electron chi connectivity index (χ2n) is 7.59. The van der Waals surface area contributed by atoms with Crippen molar-refractivity contribution in [3.63, 3.8) is 0 Å². The first kappa shape index (κ1) is 20.9. The molecule has 0 bridgehead atoms. The molecule has 0 spiro atoms. The normalized spacial score (nSPS) is 11.4. The van der Waals surface area contributed by atoms with E-state index in [1.165, 1.54) is 0 Å². The highest BCUT2D eigenvalue weighted by Crippen LogP contribution is 2.34. The fraction of sp³-hybridized carbons (Fsp3) is 0.261. The zero-order valence-electron chi connectivity index (χ0n) is 17.4. The Kier molecular flexibility index (Phi) is 5.69. The predicted octanol–water partition coefficient (Wildman–Crippen LogP) is 5.35. The van der Waals surface area contributed by atoms with E-state index >= 15 is 0 Å². The van der Waals surface area contributed by atoms with Crippen LogP contribution < -0.4 is 4.74 Å². The van der Waals surface area contributed by atoms with Crippen LogP contribution >= 0.6 is 11.6 Å². The minimum absolute atomic E-state index is 0.0186. The number of ether oxygens (including phenoxy) is 1. The molecule has 31 heavy (non-hydrogen) atoms. The Hall–Kier alpha value is -3.32. The summed E-state index contributed by atoms with van der Waals surface area (Å²) in [5, 5.41) is 14.6. The molecule has 160 valence electrons. The minimum Gasteiger partial charge on any atom is -0.489 e. The highest BCUT2D eigenvalue weighted by molar-refractivity contribution is 6.32. The van der Waals surface area contributed by atoms with E-state index in [1.807, 2.05) is 55.9 Å². The number of aliphatic carboxylic acids is 1. The molecule has 0 radical (unpaired) electrons. The third-order valence-corrected chi connectivity index (χ3v) is 5.23. The first-order valence-electron chi connectivity index (χ1n) is 9.93. The summed E-state index contributed by atoms with van der Waals surface area (Å²) in [4.78, 5) is 15.6. The highest BCUT2D eigenvalue weighted by atomic mass is 35.5. The van der Waals surface area contributed by atoms with Crippen molar-refractivity contribution in [2.45, 2.75) is 32.8 Å². The molecule has 2 aromatic heterocycles. The molecule has 0 saturated heterocycles. The summed E-state index contributed by atoms with van der Waals surface area (Å²) in [7, 11) is 1.93. The first-order chi connectivity index (χ1) is 14.8. The van der Waals surface area contributed by atoms with Crippen LogP contribution in [0.25, 0.3) is 33.7 Å². The molecule has 8 heteroatoms. The van der Waals surface area contributed by atoms with E-state index in [0.29, 0.717) is 34.5 Å². The highest BCUT2D eigenvalue weighted by Gasteiger charge is 2.17. The Morgan fingerprint density at radius 3 is 2.77 bits per heavy atom. The van der Waals surface area contributed by atoms with Gasteiger partial charge >= 0.3 is 5.97 Å². The molecule has 4 rings (SSSR count). The van der Waals surface area contributed by atoms with Crippen molar-refractivity contribution in [1.82, 2.24) is 14.7 Å². The van der Waals surface area contributed by atoms with Crippen LogP contribution in [0.15, 0.2) is 47.1 Å². The number of hydrogen-bond donors (Lipinski definition) is 1. The van der Waals surface area contributed by atoms with Gasteiger partial charge < -0.3 is 18.9 Å². The summed E-state index contributed by atoms with van der Waals surface area (Å²) < 4.78 is 13.1. The molecule has 0 fully saturated rings. The lowest BCUT2D eigenvalue weighted by Gasteiger charge is -2.11. The zero-order valence-corrected chi connectivity index (χ0v) is 18.2. The van der Waals surface area contributed by atoms with E-state index in [0.717, 1.165) is 22.0 Å². The molecule has 0 saturated carbocycles. The molecule has 0 aliphatic carbocycles. The van der Waals surface area contributed by atoms with Gasteiger partial charge in [0.15, 0.2) is 0 Å². The van der Waals surface area contributed by atoms with Gasteiger partial charge in [-0.25, -0.2) is 0 Å². The Labute approximate surface area is 184 Å². The van der Waals surface area contributed by atoms with Crippen LogP contribution in [0, 0.1) is 0 Å². The fourth-order valence-corrected chi connectivity index (χ4v) is 3.80. The molecule has 2 heterocycles. The number of rotatable bonds is 7. The summed E-state index contributed by atoms with van der Waals surface area (Å²) in [6, 6.07) is 11.2. The number of fused-ring (bicyclic) bond motifs is 1. The molecule has 0 amide bonds. The number of aryl methyl sites for hydroxylation is 2. The largest absolute Gasteiger partial charge is 0.489 e. The molecule has 0 unspecified atom stereocenters. The van der Waals surface area contributed by atoms with E-state index in [-0.39, 0.29) is 12.5 Å². The summed E-state index contributed by atoms with van der Waals surface area (Å²) in [6.07, 6.45) is 2.48. The number of nitrogens with zero attached hydrogens (tertiary/aromatic N) is 3. The van der Waals surface area contributed by atoms with Gasteiger partial charge in [0.1, 0.15) is 5.75 Å². The van der Waals surface area contributed by atoms with Gasteiger partial charge in [-0.1, -0.05) is 28.9 Å². The predicted molar refractivity (Wildman–Crippen MR) is 118 cm³/mol. The van der Waals surface area contributed by atoms with Crippen molar-refractivity contribution in [2.75, 3.05) is 0 Å². The Balaban J connectivity index is 1.69. The molecule has 0 aliphatic heterocycles. The molecular weight excluding hydrogens is 418 g/mol. The van der Waals surface area contributed by atoms with Crippen molar-refractivity contribution in [3.8, 4) is 28.6 Å². The number of benzene rings is 2. The number of carboxylic acids is 1. The van der Waals surface area contributed by atoms with Gasteiger partial charge in [-0.3, -0.25) is 4.79 Å². The van der Waals surface area contributed by atoms with Gasteiger partial charge in [-0.2, -0.15) is 4.98 Å². The second kappa shape index (κ2) is 8.43. The van der Waals surface area contributed by atoms with E-state index in [2.05, 4.69) is 10.1 Å². The van der Waals surface area contributed by atoms with E-state index in [9.17, 15) is 4.79 Å². The van der Waals surface area contributed by atoms with Gasteiger partial charge in [-0.05, 0) is 50.1 Å². The lowest BCUT2D eigenvalue weighted by molar-refractivity contribution is -0.136. The van der Waals surface area contributed by atoms with Gasteiger partial charge in [0.05, 0.1) is 16.6 Å².